The smallest absolute Gasteiger partial charge is 0.267 e. The molecule has 1 aliphatic carbocycles. The minimum Gasteiger partial charge on any atom is -0.366 e. The summed E-state index contributed by atoms with van der Waals surface area (Å²) in [5.74, 6) is 1.40. The van der Waals surface area contributed by atoms with Crippen LogP contribution in [0.5, 0.6) is 0 Å². The van der Waals surface area contributed by atoms with Gasteiger partial charge in [0.25, 0.3) is 5.56 Å². The van der Waals surface area contributed by atoms with Gasteiger partial charge >= 0.3 is 0 Å². The monoisotopic (exact) mass is 352 g/mol. The van der Waals surface area contributed by atoms with Gasteiger partial charge in [0.05, 0.1) is 17.9 Å². The number of nitrogens with one attached hydrogen (secondary N) is 1. The number of hydrogen-bond acceptors (Lipinski definition) is 7. The Balaban J connectivity index is 1.45. The van der Waals surface area contributed by atoms with Crippen LogP contribution in [0.2, 0.25) is 0 Å². The van der Waals surface area contributed by atoms with Crippen molar-refractivity contribution in [3.8, 4) is 5.82 Å². The van der Waals surface area contributed by atoms with Crippen LogP contribution in [-0.2, 0) is 0 Å². The zero-order valence-corrected chi connectivity index (χ0v) is 14.5. The molecule has 3 aromatic heterocycles. The zero-order valence-electron chi connectivity index (χ0n) is 14.5. The molecule has 0 amide bonds. The Morgan fingerprint density at radius 2 is 1.96 bits per heavy atom. The predicted octanol–water partition coefficient (Wildman–Crippen LogP) is 1.52. The lowest BCUT2D eigenvalue weighted by molar-refractivity contribution is 0.302. The quantitative estimate of drug-likeness (QED) is 0.759. The van der Waals surface area contributed by atoms with Crippen LogP contribution >= 0.6 is 0 Å². The molecule has 0 spiro atoms. The van der Waals surface area contributed by atoms with Crippen molar-refractivity contribution in [3.63, 3.8) is 0 Å². The van der Waals surface area contributed by atoms with Gasteiger partial charge in [-0.05, 0) is 38.7 Å². The summed E-state index contributed by atoms with van der Waals surface area (Å²) >= 11 is 0. The van der Waals surface area contributed by atoms with E-state index in [-0.39, 0.29) is 11.6 Å². The maximum absolute atomic E-state index is 12.3. The SMILES string of the molecule is Cc1cncc(NC2CCC(n3nc(-n4cncn4)ccc3=O)CC2)n1. The third kappa shape index (κ3) is 3.46. The van der Waals surface area contributed by atoms with Crippen molar-refractivity contribution in [1.82, 2.24) is 34.5 Å². The van der Waals surface area contributed by atoms with Crippen molar-refractivity contribution in [2.75, 3.05) is 5.32 Å². The minimum atomic E-state index is -0.0881. The fraction of sp³-hybridized carbons (Fsp3) is 0.412. The van der Waals surface area contributed by atoms with E-state index in [9.17, 15) is 4.79 Å². The average molecular weight is 352 g/mol. The van der Waals surface area contributed by atoms with Crippen molar-refractivity contribution >= 4 is 5.82 Å². The molecule has 134 valence electrons. The molecule has 26 heavy (non-hydrogen) atoms. The van der Waals surface area contributed by atoms with Crippen LogP contribution in [0, 0.1) is 6.92 Å². The van der Waals surface area contributed by atoms with Crippen molar-refractivity contribution in [1.29, 1.82) is 0 Å². The lowest BCUT2D eigenvalue weighted by atomic mass is 9.91. The van der Waals surface area contributed by atoms with Gasteiger partial charge in [-0.15, -0.1) is 5.10 Å². The molecule has 3 heterocycles. The topological polar surface area (TPSA) is 103 Å². The maximum atomic E-state index is 12.3. The van der Waals surface area contributed by atoms with Gasteiger partial charge in [0.2, 0.25) is 0 Å². The second kappa shape index (κ2) is 7.03. The summed E-state index contributed by atoms with van der Waals surface area (Å²) in [7, 11) is 0. The molecule has 0 aliphatic heterocycles. The fourth-order valence-electron chi connectivity index (χ4n) is 3.33. The van der Waals surface area contributed by atoms with Crippen molar-refractivity contribution in [2.24, 2.45) is 0 Å². The Kier molecular flexibility index (Phi) is 4.42. The molecule has 1 fully saturated rings. The van der Waals surface area contributed by atoms with E-state index in [1.54, 1.807) is 34.2 Å². The number of anilines is 1. The Bertz CT molecular complexity index is 928. The molecule has 9 nitrogen and oxygen atoms in total. The Morgan fingerprint density at radius 3 is 2.69 bits per heavy atom. The van der Waals surface area contributed by atoms with E-state index in [0.29, 0.717) is 11.9 Å². The minimum absolute atomic E-state index is 0.0881. The summed E-state index contributed by atoms with van der Waals surface area (Å²) < 4.78 is 3.14. The van der Waals surface area contributed by atoms with Gasteiger partial charge in [0.1, 0.15) is 18.5 Å². The molecular formula is C17H20N8O. The summed E-state index contributed by atoms with van der Waals surface area (Å²) in [6.45, 7) is 1.93. The van der Waals surface area contributed by atoms with E-state index < -0.39 is 0 Å². The molecule has 0 unspecified atom stereocenters. The van der Waals surface area contributed by atoms with E-state index in [2.05, 4.69) is 30.5 Å². The third-order valence-corrected chi connectivity index (χ3v) is 4.61. The fourth-order valence-corrected chi connectivity index (χ4v) is 3.33. The molecular weight excluding hydrogens is 332 g/mol. The van der Waals surface area contributed by atoms with Crippen LogP contribution in [0.4, 0.5) is 5.82 Å². The highest BCUT2D eigenvalue weighted by molar-refractivity contribution is 5.33. The van der Waals surface area contributed by atoms with Crippen LogP contribution in [-0.4, -0.2) is 40.6 Å². The second-order valence-corrected chi connectivity index (χ2v) is 6.51. The molecule has 4 rings (SSSR count). The molecule has 1 aliphatic rings. The Labute approximate surface area is 150 Å². The predicted molar refractivity (Wildman–Crippen MR) is 95.1 cm³/mol. The summed E-state index contributed by atoms with van der Waals surface area (Å²) in [5.41, 5.74) is 0.805. The summed E-state index contributed by atoms with van der Waals surface area (Å²) in [6, 6.07) is 3.62. The maximum Gasteiger partial charge on any atom is 0.267 e. The first-order chi connectivity index (χ1) is 12.7. The van der Waals surface area contributed by atoms with E-state index in [4.69, 9.17) is 0 Å². The van der Waals surface area contributed by atoms with Crippen LogP contribution in [0.3, 0.4) is 0 Å². The summed E-state index contributed by atoms with van der Waals surface area (Å²) in [5, 5.41) is 12.0. The van der Waals surface area contributed by atoms with Crippen molar-refractivity contribution < 1.29 is 0 Å². The molecule has 0 bridgehead atoms. The standard InChI is InChI=1S/C17H20N8O/c1-12-8-18-9-15(21-12)22-13-2-4-14(5-3-13)25-17(26)7-6-16(23-25)24-11-19-10-20-24/h6-11,13-14H,2-5H2,1H3,(H,21,22). The number of nitrogens with zero attached hydrogens (tertiary/aromatic N) is 7. The van der Waals surface area contributed by atoms with E-state index in [0.717, 1.165) is 37.2 Å². The molecule has 3 aromatic rings. The van der Waals surface area contributed by atoms with Crippen LogP contribution in [0.1, 0.15) is 37.4 Å². The van der Waals surface area contributed by atoms with Crippen molar-refractivity contribution in [2.45, 2.75) is 44.7 Å². The number of aryl methyl sites for hydroxylation is 1. The lowest BCUT2D eigenvalue weighted by Gasteiger charge is -2.29. The van der Waals surface area contributed by atoms with E-state index in [1.165, 1.54) is 12.4 Å². The molecule has 0 radical (unpaired) electrons. The van der Waals surface area contributed by atoms with Gasteiger partial charge in [-0.25, -0.2) is 19.3 Å². The van der Waals surface area contributed by atoms with Gasteiger partial charge in [-0.2, -0.15) is 5.10 Å². The largest absolute Gasteiger partial charge is 0.366 e. The van der Waals surface area contributed by atoms with Crippen LogP contribution < -0.4 is 10.9 Å². The van der Waals surface area contributed by atoms with Crippen LogP contribution in [0.15, 0.2) is 42.0 Å². The van der Waals surface area contributed by atoms with E-state index >= 15 is 0 Å². The molecule has 0 aromatic carbocycles. The van der Waals surface area contributed by atoms with Gasteiger partial charge in [0, 0.05) is 18.3 Å². The lowest BCUT2D eigenvalue weighted by Crippen LogP contribution is -2.33. The Hall–Kier alpha value is -3.10. The van der Waals surface area contributed by atoms with Gasteiger partial charge in [-0.1, -0.05) is 0 Å². The van der Waals surface area contributed by atoms with E-state index in [1.807, 2.05) is 6.92 Å². The number of rotatable bonds is 4. The molecule has 1 N–H and O–H groups in total. The molecule has 0 saturated heterocycles. The summed E-state index contributed by atoms with van der Waals surface area (Å²) in [6.07, 6.45) is 10.2. The molecule has 0 atom stereocenters. The first-order valence-electron chi connectivity index (χ1n) is 8.69. The number of aromatic nitrogens is 7. The highest BCUT2D eigenvalue weighted by Gasteiger charge is 2.24. The highest BCUT2D eigenvalue weighted by atomic mass is 16.1. The van der Waals surface area contributed by atoms with Crippen LogP contribution in [0.25, 0.3) is 5.82 Å². The zero-order chi connectivity index (χ0) is 17.9. The molecule has 9 heteroatoms. The molecule has 1 saturated carbocycles. The average Bonchev–Trinajstić information content (AvgIpc) is 3.18. The highest BCUT2D eigenvalue weighted by Crippen LogP contribution is 2.28. The summed E-state index contributed by atoms with van der Waals surface area (Å²) in [4.78, 5) is 24.8. The van der Waals surface area contributed by atoms with Gasteiger partial charge in [-0.3, -0.25) is 9.78 Å². The normalized spacial score (nSPS) is 20.0. The second-order valence-electron chi connectivity index (χ2n) is 6.51. The third-order valence-electron chi connectivity index (χ3n) is 4.61. The van der Waals surface area contributed by atoms with Gasteiger partial charge < -0.3 is 5.32 Å². The first-order valence-corrected chi connectivity index (χ1v) is 8.69. The van der Waals surface area contributed by atoms with Gasteiger partial charge in [0.15, 0.2) is 5.82 Å². The first kappa shape index (κ1) is 16.4. The van der Waals surface area contributed by atoms with Crippen molar-refractivity contribution in [3.05, 3.63) is 53.2 Å². The Morgan fingerprint density at radius 1 is 1.12 bits per heavy atom. The number of hydrogen-bond donors (Lipinski definition) is 1.